The van der Waals surface area contributed by atoms with Crippen LogP contribution in [-0.4, -0.2) is 29.2 Å². The van der Waals surface area contributed by atoms with Gasteiger partial charge in [-0.3, -0.25) is 9.59 Å². The van der Waals surface area contributed by atoms with Gasteiger partial charge in [0.1, 0.15) is 5.78 Å². The van der Waals surface area contributed by atoms with Crippen molar-refractivity contribution in [2.45, 2.75) is 44.1 Å². The molecule has 2 spiro atoms. The van der Waals surface area contributed by atoms with Crippen molar-refractivity contribution < 1.29 is 19.1 Å². The summed E-state index contributed by atoms with van der Waals surface area (Å²) in [6.07, 6.45) is 1.84. The van der Waals surface area contributed by atoms with Crippen molar-refractivity contribution >= 4 is 17.8 Å². The number of rotatable bonds is 2. The summed E-state index contributed by atoms with van der Waals surface area (Å²) in [7, 11) is 0. The fraction of sp³-hybridized carbons (Fsp3) is 0.471. The van der Waals surface area contributed by atoms with Crippen LogP contribution < -0.4 is 0 Å². The highest BCUT2D eigenvalue weighted by molar-refractivity contribution is 6.06. The maximum absolute atomic E-state index is 12.9. The van der Waals surface area contributed by atoms with Crippen LogP contribution in [0.5, 0.6) is 0 Å². The summed E-state index contributed by atoms with van der Waals surface area (Å²) in [5.41, 5.74) is 1.84. The minimum Gasteiger partial charge on any atom is -0.427 e. The predicted octanol–water partition coefficient (Wildman–Crippen LogP) is 2.19. The highest BCUT2D eigenvalue weighted by atomic mass is 16.6. The normalized spacial score (nSPS) is 27.5. The number of ether oxygens (including phenoxy) is 1. The van der Waals surface area contributed by atoms with Crippen LogP contribution in [-0.2, 0) is 25.3 Å². The molecule has 5 nitrogen and oxygen atoms in total. The predicted molar refractivity (Wildman–Crippen MR) is 77.3 cm³/mol. The second kappa shape index (κ2) is 3.97. The molecular formula is C17H17NO4. The lowest BCUT2D eigenvalue weighted by atomic mass is 9.93. The third-order valence-corrected chi connectivity index (χ3v) is 5.08. The van der Waals surface area contributed by atoms with E-state index in [0.29, 0.717) is 6.42 Å². The van der Waals surface area contributed by atoms with E-state index in [0.717, 1.165) is 34.4 Å². The maximum atomic E-state index is 12.9. The topological polar surface area (TPSA) is 63.7 Å². The van der Waals surface area contributed by atoms with Crippen LogP contribution in [0.15, 0.2) is 18.2 Å². The summed E-state index contributed by atoms with van der Waals surface area (Å²) in [4.78, 5) is 37.3. The van der Waals surface area contributed by atoms with Crippen LogP contribution >= 0.6 is 0 Å². The van der Waals surface area contributed by atoms with E-state index in [2.05, 4.69) is 6.07 Å². The van der Waals surface area contributed by atoms with Crippen LogP contribution in [0.2, 0.25) is 0 Å². The van der Waals surface area contributed by atoms with Gasteiger partial charge in [0.2, 0.25) is 5.60 Å². The van der Waals surface area contributed by atoms with E-state index in [-0.39, 0.29) is 23.7 Å². The molecule has 5 heteroatoms. The largest absolute Gasteiger partial charge is 0.427 e. The van der Waals surface area contributed by atoms with Crippen LogP contribution in [0.3, 0.4) is 0 Å². The third kappa shape index (κ3) is 1.56. The minimum absolute atomic E-state index is 0.0243. The molecule has 22 heavy (non-hydrogen) atoms. The van der Waals surface area contributed by atoms with Gasteiger partial charge in [-0.15, -0.1) is 0 Å². The highest BCUT2D eigenvalue weighted by Crippen LogP contribution is 2.64. The van der Waals surface area contributed by atoms with Gasteiger partial charge in [0, 0.05) is 17.4 Å². The van der Waals surface area contributed by atoms with E-state index in [9.17, 15) is 14.4 Å². The zero-order valence-corrected chi connectivity index (χ0v) is 12.6. The molecule has 1 saturated carbocycles. The van der Waals surface area contributed by atoms with Crippen molar-refractivity contribution in [3.05, 3.63) is 34.9 Å². The molecule has 1 aliphatic heterocycles. The molecule has 0 bridgehead atoms. The quantitative estimate of drug-likeness (QED) is 0.839. The number of ketones is 1. The van der Waals surface area contributed by atoms with Crippen molar-refractivity contribution in [1.82, 2.24) is 4.90 Å². The molecule has 114 valence electrons. The van der Waals surface area contributed by atoms with Crippen molar-refractivity contribution in [2.24, 2.45) is 0 Å². The first-order chi connectivity index (χ1) is 10.4. The van der Waals surface area contributed by atoms with Gasteiger partial charge in [-0.2, -0.15) is 0 Å². The number of fused-ring (bicyclic) bond motifs is 3. The molecule has 3 aliphatic rings. The minimum atomic E-state index is -1.22. The molecule has 1 atom stereocenters. The first-order valence-corrected chi connectivity index (χ1v) is 7.54. The SMILES string of the molecule is CC(=O)CN1C(=O)OC2(CC3(CC3)c3cc(C)ccc32)C1=O. The van der Waals surface area contributed by atoms with Crippen LogP contribution in [0, 0.1) is 6.92 Å². The van der Waals surface area contributed by atoms with Crippen molar-refractivity contribution in [3.8, 4) is 0 Å². The lowest BCUT2D eigenvalue weighted by molar-refractivity contribution is -0.139. The van der Waals surface area contributed by atoms with E-state index in [4.69, 9.17) is 4.74 Å². The van der Waals surface area contributed by atoms with Gasteiger partial charge in [0.25, 0.3) is 5.91 Å². The van der Waals surface area contributed by atoms with Gasteiger partial charge >= 0.3 is 6.09 Å². The van der Waals surface area contributed by atoms with Gasteiger partial charge in [0.15, 0.2) is 0 Å². The van der Waals surface area contributed by atoms with E-state index in [1.807, 2.05) is 19.1 Å². The Labute approximate surface area is 128 Å². The number of imide groups is 1. The maximum Gasteiger partial charge on any atom is 0.418 e. The summed E-state index contributed by atoms with van der Waals surface area (Å²) in [5, 5.41) is 0. The number of nitrogens with zero attached hydrogens (tertiary/aromatic N) is 1. The number of Topliss-reactive ketones (excluding diaryl/α,β-unsaturated/α-hetero) is 1. The van der Waals surface area contributed by atoms with Gasteiger partial charge in [-0.25, -0.2) is 9.69 Å². The summed E-state index contributed by atoms with van der Waals surface area (Å²) in [5.74, 6) is -0.618. The standard InChI is InChI=1S/C17H17NO4/c1-10-3-4-12-13(7-10)16(5-6-16)9-17(12)14(20)18(8-11(2)19)15(21)22-17/h3-4,7H,5-6,8-9H2,1-2H3. The molecule has 1 aromatic carbocycles. The van der Waals surface area contributed by atoms with E-state index in [1.54, 1.807) is 0 Å². The van der Waals surface area contributed by atoms with Gasteiger partial charge in [-0.05, 0) is 32.3 Å². The average molecular weight is 299 g/mol. The molecule has 1 heterocycles. The van der Waals surface area contributed by atoms with E-state index in [1.165, 1.54) is 6.92 Å². The van der Waals surface area contributed by atoms with Gasteiger partial charge < -0.3 is 4.74 Å². The fourth-order valence-corrected chi connectivity index (χ4v) is 3.90. The Morgan fingerprint density at radius 1 is 1.27 bits per heavy atom. The first kappa shape index (κ1) is 13.5. The smallest absolute Gasteiger partial charge is 0.418 e. The molecule has 1 saturated heterocycles. The van der Waals surface area contributed by atoms with Crippen molar-refractivity contribution in [2.75, 3.05) is 6.54 Å². The van der Waals surface area contributed by atoms with Crippen LogP contribution in [0.4, 0.5) is 4.79 Å². The Kier molecular flexibility index (Phi) is 2.43. The molecular weight excluding hydrogens is 282 g/mol. The fourth-order valence-electron chi connectivity index (χ4n) is 3.90. The number of amides is 2. The third-order valence-electron chi connectivity index (χ3n) is 5.08. The number of carbonyl (C=O) groups is 3. The number of hydrogen-bond donors (Lipinski definition) is 0. The molecule has 1 unspecified atom stereocenters. The Hall–Kier alpha value is -2.17. The number of benzene rings is 1. The summed E-state index contributed by atoms with van der Waals surface area (Å²) < 4.78 is 5.56. The number of hydrogen-bond acceptors (Lipinski definition) is 4. The zero-order valence-electron chi connectivity index (χ0n) is 12.6. The average Bonchev–Trinajstić information content (AvgIpc) is 3.12. The number of aryl methyl sites for hydroxylation is 1. The highest BCUT2D eigenvalue weighted by Gasteiger charge is 2.67. The molecule has 0 N–H and O–H groups in total. The molecule has 2 aliphatic carbocycles. The Balaban J connectivity index is 1.83. The Morgan fingerprint density at radius 2 is 2.00 bits per heavy atom. The van der Waals surface area contributed by atoms with E-state index >= 15 is 0 Å². The van der Waals surface area contributed by atoms with Crippen LogP contribution in [0.25, 0.3) is 0 Å². The molecule has 1 aromatic rings. The lowest BCUT2D eigenvalue weighted by Crippen LogP contribution is -2.39. The van der Waals surface area contributed by atoms with E-state index < -0.39 is 11.7 Å². The molecule has 0 aromatic heterocycles. The second-order valence-electron chi connectivity index (χ2n) is 6.79. The lowest BCUT2D eigenvalue weighted by Gasteiger charge is -2.20. The monoisotopic (exact) mass is 299 g/mol. The van der Waals surface area contributed by atoms with Gasteiger partial charge in [-0.1, -0.05) is 23.8 Å². The Bertz CT molecular complexity index is 734. The molecule has 2 fully saturated rings. The second-order valence-corrected chi connectivity index (χ2v) is 6.79. The first-order valence-electron chi connectivity index (χ1n) is 7.54. The zero-order chi connectivity index (χ0) is 15.7. The summed E-state index contributed by atoms with van der Waals surface area (Å²) in [6, 6.07) is 5.95. The summed E-state index contributed by atoms with van der Waals surface area (Å²) >= 11 is 0. The molecule has 2 amide bonds. The van der Waals surface area contributed by atoms with Crippen molar-refractivity contribution in [3.63, 3.8) is 0 Å². The number of carbonyl (C=O) groups excluding carboxylic acids is 3. The summed E-state index contributed by atoms with van der Waals surface area (Å²) in [6.45, 7) is 3.17. The van der Waals surface area contributed by atoms with Crippen molar-refractivity contribution in [1.29, 1.82) is 0 Å². The van der Waals surface area contributed by atoms with Crippen LogP contribution in [0.1, 0.15) is 42.9 Å². The molecule has 0 radical (unpaired) electrons. The van der Waals surface area contributed by atoms with Gasteiger partial charge in [0.05, 0.1) is 6.54 Å². The Morgan fingerprint density at radius 3 is 2.64 bits per heavy atom. The molecule has 4 rings (SSSR count).